The van der Waals surface area contributed by atoms with Gasteiger partial charge in [-0.2, -0.15) is 4.31 Å². The standard InChI is InChI=1S/C26H29N3O5S/c1-19(21-10-11-24(25(17-21)33-2)34-18-20-12-14-27-15-13-20)28-26(30)23-9-6-16-29(23)35(31,32)22-7-4-3-5-8-22/h3-5,7-8,10-15,17,19,23H,6,9,16,18H2,1-2H3,(H,28,30)/t19-,23-/m1/s1. The normalized spacial score (nSPS) is 17.0. The van der Waals surface area contributed by atoms with Gasteiger partial charge in [0.2, 0.25) is 15.9 Å². The summed E-state index contributed by atoms with van der Waals surface area (Å²) >= 11 is 0. The molecule has 1 amide bonds. The van der Waals surface area contributed by atoms with Crippen LogP contribution in [0.5, 0.6) is 11.5 Å². The van der Waals surface area contributed by atoms with Crippen molar-refractivity contribution in [2.75, 3.05) is 13.7 Å². The Morgan fingerprint density at radius 3 is 2.57 bits per heavy atom. The number of methoxy groups -OCH3 is 1. The van der Waals surface area contributed by atoms with Crippen molar-refractivity contribution < 1.29 is 22.7 Å². The number of nitrogens with zero attached hydrogens (tertiary/aromatic N) is 2. The topological polar surface area (TPSA) is 97.8 Å². The third kappa shape index (κ3) is 5.63. The van der Waals surface area contributed by atoms with Crippen LogP contribution in [-0.4, -0.2) is 43.3 Å². The predicted molar refractivity (Wildman–Crippen MR) is 131 cm³/mol. The van der Waals surface area contributed by atoms with Crippen molar-refractivity contribution in [1.82, 2.24) is 14.6 Å². The molecular formula is C26H29N3O5S. The van der Waals surface area contributed by atoms with Gasteiger partial charge in [-0.15, -0.1) is 0 Å². The lowest BCUT2D eigenvalue weighted by molar-refractivity contribution is -0.124. The molecule has 0 unspecified atom stereocenters. The number of rotatable bonds is 9. The maximum Gasteiger partial charge on any atom is 0.243 e. The second-order valence-corrected chi connectivity index (χ2v) is 10.3. The van der Waals surface area contributed by atoms with Gasteiger partial charge in [0.15, 0.2) is 11.5 Å². The van der Waals surface area contributed by atoms with E-state index in [2.05, 4.69) is 10.3 Å². The molecule has 2 aromatic carbocycles. The van der Waals surface area contributed by atoms with Gasteiger partial charge in [0, 0.05) is 18.9 Å². The Bertz CT molecular complexity index is 1250. The number of amides is 1. The van der Waals surface area contributed by atoms with Gasteiger partial charge in [-0.1, -0.05) is 24.3 Å². The zero-order chi connectivity index (χ0) is 24.8. The minimum atomic E-state index is -3.75. The molecule has 1 aliphatic rings. The average molecular weight is 496 g/mol. The molecule has 2 atom stereocenters. The monoisotopic (exact) mass is 495 g/mol. The molecule has 1 saturated heterocycles. The maximum atomic E-state index is 13.1. The van der Waals surface area contributed by atoms with Crippen LogP contribution in [-0.2, 0) is 21.4 Å². The molecule has 0 radical (unpaired) electrons. The van der Waals surface area contributed by atoms with E-state index >= 15 is 0 Å². The quantitative estimate of drug-likeness (QED) is 0.486. The third-order valence-corrected chi connectivity index (χ3v) is 7.97. The third-order valence-electron chi connectivity index (χ3n) is 6.05. The summed E-state index contributed by atoms with van der Waals surface area (Å²) in [5.41, 5.74) is 1.81. The lowest BCUT2D eigenvalue weighted by Gasteiger charge is -2.25. The van der Waals surface area contributed by atoms with E-state index in [0.717, 1.165) is 11.1 Å². The van der Waals surface area contributed by atoms with Gasteiger partial charge in [-0.05, 0) is 67.3 Å². The highest BCUT2D eigenvalue weighted by Gasteiger charge is 2.39. The van der Waals surface area contributed by atoms with Gasteiger partial charge in [-0.25, -0.2) is 8.42 Å². The highest BCUT2D eigenvalue weighted by molar-refractivity contribution is 7.89. The van der Waals surface area contributed by atoms with Crippen molar-refractivity contribution in [3.8, 4) is 11.5 Å². The summed E-state index contributed by atoms with van der Waals surface area (Å²) in [5.74, 6) is 0.820. The molecule has 2 heterocycles. The van der Waals surface area contributed by atoms with E-state index in [1.165, 1.54) is 4.31 Å². The second-order valence-electron chi connectivity index (χ2n) is 8.37. The zero-order valence-corrected chi connectivity index (χ0v) is 20.6. The van der Waals surface area contributed by atoms with E-state index in [1.807, 2.05) is 31.2 Å². The van der Waals surface area contributed by atoms with E-state index in [0.29, 0.717) is 37.5 Å². The van der Waals surface area contributed by atoms with Gasteiger partial charge < -0.3 is 14.8 Å². The number of benzene rings is 2. The number of nitrogens with one attached hydrogen (secondary N) is 1. The Morgan fingerprint density at radius 1 is 1.11 bits per heavy atom. The predicted octanol–water partition coefficient (Wildman–Crippen LogP) is 3.70. The summed E-state index contributed by atoms with van der Waals surface area (Å²) in [6.07, 6.45) is 4.53. The Morgan fingerprint density at radius 2 is 1.86 bits per heavy atom. The fourth-order valence-electron chi connectivity index (χ4n) is 4.12. The van der Waals surface area contributed by atoms with Crippen molar-refractivity contribution in [1.29, 1.82) is 0 Å². The van der Waals surface area contributed by atoms with E-state index < -0.39 is 16.1 Å². The van der Waals surface area contributed by atoms with E-state index in [-0.39, 0.29) is 16.8 Å². The van der Waals surface area contributed by atoms with Crippen LogP contribution in [0.3, 0.4) is 0 Å². The number of aromatic nitrogens is 1. The summed E-state index contributed by atoms with van der Waals surface area (Å²) in [6, 6.07) is 16.4. The number of carbonyl (C=O) groups excluding carboxylic acids is 1. The first-order valence-corrected chi connectivity index (χ1v) is 12.9. The maximum absolute atomic E-state index is 13.1. The molecule has 1 aliphatic heterocycles. The zero-order valence-electron chi connectivity index (χ0n) is 19.8. The van der Waals surface area contributed by atoms with Gasteiger partial charge >= 0.3 is 0 Å². The van der Waals surface area contributed by atoms with Crippen LogP contribution in [0.25, 0.3) is 0 Å². The summed E-state index contributed by atoms with van der Waals surface area (Å²) in [6.45, 7) is 2.55. The SMILES string of the molecule is COc1cc([C@@H](C)NC(=O)[C@H]2CCCN2S(=O)(=O)c2ccccc2)ccc1OCc1ccncc1. The number of sulfonamides is 1. The molecule has 184 valence electrons. The van der Waals surface area contributed by atoms with Crippen LogP contribution >= 0.6 is 0 Å². The van der Waals surface area contributed by atoms with Crippen LogP contribution in [0, 0.1) is 0 Å². The minimum absolute atomic E-state index is 0.194. The molecule has 35 heavy (non-hydrogen) atoms. The van der Waals surface area contributed by atoms with Crippen LogP contribution < -0.4 is 14.8 Å². The molecule has 9 heteroatoms. The Labute approximate surface area is 206 Å². The van der Waals surface area contributed by atoms with Crippen molar-refractivity contribution in [2.24, 2.45) is 0 Å². The Balaban J connectivity index is 1.44. The van der Waals surface area contributed by atoms with Gasteiger partial charge in [-0.3, -0.25) is 9.78 Å². The number of carbonyl (C=O) groups is 1. The fourth-order valence-corrected chi connectivity index (χ4v) is 5.80. The first kappa shape index (κ1) is 24.7. The molecule has 3 aromatic rings. The van der Waals surface area contributed by atoms with Gasteiger partial charge in [0.05, 0.1) is 18.0 Å². The summed E-state index contributed by atoms with van der Waals surface area (Å²) in [4.78, 5) is 17.3. The summed E-state index contributed by atoms with van der Waals surface area (Å²) < 4.78 is 38.9. The molecule has 0 saturated carbocycles. The average Bonchev–Trinajstić information content (AvgIpc) is 3.40. The van der Waals surface area contributed by atoms with Crippen LogP contribution in [0.2, 0.25) is 0 Å². The number of hydrogen-bond acceptors (Lipinski definition) is 6. The number of pyridine rings is 1. The lowest BCUT2D eigenvalue weighted by Crippen LogP contribution is -2.46. The Kier molecular flexibility index (Phi) is 7.67. The van der Waals surface area contributed by atoms with Crippen LogP contribution in [0.1, 0.15) is 36.9 Å². The highest BCUT2D eigenvalue weighted by atomic mass is 32.2. The highest BCUT2D eigenvalue weighted by Crippen LogP contribution is 2.32. The Hall–Kier alpha value is -3.43. The fraction of sp³-hybridized carbons (Fsp3) is 0.308. The molecule has 0 aliphatic carbocycles. The van der Waals surface area contributed by atoms with E-state index in [9.17, 15) is 13.2 Å². The second kappa shape index (κ2) is 10.9. The summed E-state index contributed by atoms with van der Waals surface area (Å²) in [5, 5.41) is 2.97. The van der Waals surface area contributed by atoms with Gasteiger partial charge in [0.1, 0.15) is 12.6 Å². The van der Waals surface area contributed by atoms with E-state index in [1.54, 1.807) is 55.9 Å². The molecule has 8 nitrogen and oxygen atoms in total. The molecule has 1 N–H and O–H groups in total. The molecular weight excluding hydrogens is 466 g/mol. The molecule has 0 bridgehead atoms. The van der Waals surface area contributed by atoms with E-state index in [4.69, 9.17) is 9.47 Å². The molecule has 4 rings (SSSR count). The molecule has 1 fully saturated rings. The van der Waals surface area contributed by atoms with Crippen molar-refractivity contribution >= 4 is 15.9 Å². The minimum Gasteiger partial charge on any atom is -0.493 e. The van der Waals surface area contributed by atoms with Crippen LogP contribution in [0.15, 0.2) is 78.0 Å². The van der Waals surface area contributed by atoms with Crippen molar-refractivity contribution in [2.45, 2.75) is 43.4 Å². The molecule has 1 aromatic heterocycles. The largest absolute Gasteiger partial charge is 0.493 e. The molecule has 0 spiro atoms. The number of hydrogen-bond donors (Lipinski definition) is 1. The lowest BCUT2D eigenvalue weighted by atomic mass is 10.1. The smallest absolute Gasteiger partial charge is 0.243 e. The van der Waals surface area contributed by atoms with Crippen molar-refractivity contribution in [3.63, 3.8) is 0 Å². The first-order valence-electron chi connectivity index (χ1n) is 11.5. The van der Waals surface area contributed by atoms with Crippen molar-refractivity contribution in [3.05, 3.63) is 84.2 Å². The summed E-state index contributed by atoms with van der Waals surface area (Å²) in [7, 11) is -2.18. The van der Waals surface area contributed by atoms with Crippen LogP contribution in [0.4, 0.5) is 0 Å². The van der Waals surface area contributed by atoms with Gasteiger partial charge in [0.25, 0.3) is 0 Å². The first-order chi connectivity index (χ1) is 16.9. The number of ether oxygens (including phenoxy) is 2.